The van der Waals surface area contributed by atoms with E-state index in [1.165, 1.54) is 45.3 Å². The minimum Gasteiger partial charge on any atom is -0.315 e. The third kappa shape index (κ3) is 5.31. The first-order chi connectivity index (χ1) is 7.59. The minimum atomic E-state index is 0.631. The zero-order valence-corrected chi connectivity index (χ0v) is 11.6. The van der Waals surface area contributed by atoms with Gasteiger partial charge in [0.2, 0.25) is 0 Å². The topological polar surface area (TPSA) is 15.3 Å². The summed E-state index contributed by atoms with van der Waals surface area (Å²) in [4.78, 5) is 2.68. The predicted molar refractivity (Wildman–Crippen MR) is 71.8 cm³/mol. The Balaban J connectivity index is 2.08. The molecule has 96 valence electrons. The molecule has 2 nitrogen and oxygen atoms in total. The van der Waals surface area contributed by atoms with Gasteiger partial charge < -0.3 is 10.2 Å². The fourth-order valence-electron chi connectivity index (χ4n) is 2.44. The molecule has 1 N–H and O–H groups in total. The highest BCUT2D eigenvalue weighted by Crippen LogP contribution is 2.19. The van der Waals surface area contributed by atoms with E-state index in [2.05, 4.69) is 37.9 Å². The second-order valence-corrected chi connectivity index (χ2v) is 5.82. The third-order valence-corrected chi connectivity index (χ3v) is 3.79. The van der Waals surface area contributed by atoms with E-state index in [4.69, 9.17) is 0 Å². The van der Waals surface area contributed by atoms with Crippen molar-refractivity contribution in [1.82, 2.24) is 10.2 Å². The van der Waals surface area contributed by atoms with Gasteiger partial charge in [0.15, 0.2) is 0 Å². The quantitative estimate of drug-likeness (QED) is 0.701. The molecule has 0 amide bonds. The van der Waals surface area contributed by atoms with Crippen molar-refractivity contribution in [3.8, 4) is 0 Å². The van der Waals surface area contributed by atoms with Crippen molar-refractivity contribution < 1.29 is 0 Å². The molecule has 1 aliphatic heterocycles. The molecule has 2 heteroatoms. The minimum absolute atomic E-state index is 0.631. The summed E-state index contributed by atoms with van der Waals surface area (Å²) in [5, 5.41) is 3.49. The van der Waals surface area contributed by atoms with Crippen LogP contribution in [-0.2, 0) is 0 Å². The Hall–Kier alpha value is -0.0800. The molecule has 0 aromatic rings. The second-order valence-electron chi connectivity index (χ2n) is 5.82. The molecule has 1 saturated heterocycles. The molecule has 1 heterocycles. The molecule has 0 radical (unpaired) electrons. The molecular formula is C14H30N2. The summed E-state index contributed by atoms with van der Waals surface area (Å²) >= 11 is 0. The molecule has 0 aromatic heterocycles. The van der Waals surface area contributed by atoms with Crippen molar-refractivity contribution in [3.05, 3.63) is 0 Å². The first-order valence-electron chi connectivity index (χ1n) is 7.07. The number of nitrogens with one attached hydrogen (secondary N) is 1. The van der Waals surface area contributed by atoms with Crippen molar-refractivity contribution in [2.24, 2.45) is 5.92 Å². The van der Waals surface area contributed by atoms with E-state index >= 15 is 0 Å². The predicted octanol–water partition coefficient (Wildman–Crippen LogP) is 2.89. The molecule has 1 atom stereocenters. The Morgan fingerprint density at radius 2 is 1.81 bits per heavy atom. The SMILES string of the molecule is CC1CCN(C(C)CCCNC(C)C)CC1. The summed E-state index contributed by atoms with van der Waals surface area (Å²) in [7, 11) is 0. The van der Waals surface area contributed by atoms with Crippen LogP contribution in [0.4, 0.5) is 0 Å². The number of nitrogens with zero attached hydrogens (tertiary/aromatic N) is 1. The summed E-state index contributed by atoms with van der Waals surface area (Å²) in [5.41, 5.74) is 0. The maximum absolute atomic E-state index is 3.49. The van der Waals surface area contributed by atoms with Crippen LogP contribution in [0, 0.1) is 5.92 Å². The van der Waals surface area contributed by atoms with Crippen molar-refractivity contribution in [2.75, 3.05) is 19.6 Å². The number of likely N-dealkylation sites (tertiary alicyclic amines) is 1. The summed E-state index contributed by atoms with van der Waals surface area (Å²) in [6.45, 7) is 13.0. The molecule has 0 aliphatic carbocycles. The number of hydrogen-bond donors (Lipinski definition) is 1. The van der Waals surface area contributed by atoms with Crippen LogP contribution in [0.15, 0.2) is 0 Å². The molecule has 1 unspecified atom stereocenters. The van der Waals surface area contributed by atoms with E-state index in [1.807, 2.05) is 0 Å². The van der Waals surface area contributed by atoms with Crippen LogP contribution < -0.4 is 5.32 Å². The fourth-order valence-corrected chi connectivity index (χ4v) is 2.44. The Bertz CT molecular complexity index is 172. The highest BCUT2D eigenvalue weighted by Gasteiger charge is 2.19. The van der Waals surface area contributed by atoms with E-state index in [-0.39, 0.29) is 0 Å². The van der Waals surface area contributed by atoms with E-state index in [0.717, 1.165) is 12.0 Å². The third-order valence-electron chi connectivity index (χ3n) is 3.79. The molecular weight excluding hydrogens is 196 g/mol. The summed E-state index contributed by atoms with van der Waals surface area (Å²) in [5.74, 6) is 0.950. The standard InChI is InChI=1S/C14H30N2/c1-12(2)15-9-5-6-14(4)16-10-7-13(3)8-11-16/h12-15H,5-11H2,1-4H3. The van der Waals surface area contributed by atoms with Gasteiger partial charge in [-0.15, -0.1) is 0 Å². The van der Waals surface area contributed by atoms with E-state index in [9.17, 15) is 0 Å². The molecule has 1 fully saturated rings. The van der Waals surface area contributed by atoms with Gasteiger partial charge >= 0.3 is 0 Å². The molecule has 0 bridgehead atoms. The van der Waals surface area contributed by atoms with Crippen LogP contribution in [0.25, 0.3) is 0 Å². The van der Waals surface area contributed by atoms with Crippen LogP contribution in [0.3, 0.4) is 0 Å². The van der Waals surface area contributed by atoms with Crippen molar-refractivity contribution in [1.29, 1.82) is 0 Å². The van der Waals surface area contributed by atoms with Gasteiger partial charge in [0.25, 0.3) is 0 Å². The van der Waals surface area contributed by atoms with Gasteiger partial charge in [-0.1, -0.05) is 20.8 Å². The largest absolute Gasteiger partial charge is 0.315 e. The van der Waals surface area contributed by atoms with Crippen LogP contribution >= 0.6 is 0 Å². The Labute approximate surface area is 102 Å². The first kappa shape index (κ1) is 14.0. The average molecular weight is 226 g/mol. The smallest absolute Gasteiger partial charge is 0.00674 e. The lowest BCUT2D eigenvalue weighted by molar-refractivity contribution is 0.139. The maximum atomic E-state index is 3.49. The number of hydrogen-bond acceptors (Lipinski definition) is 2. The Kier molecular flexibility index (Phi) is 6.37. The van der Waals surface area contributed by atoms with E-state index in [1.54, 1.807) is 0 Å². The van der Waals surface area contributed by atoms with E-state index in [0.29, 0.717) is 6.04 Å². The molecule has 1 aliphatic rings. The average Bonchev–Trinajstić information content (AvgIpc) is 2.25. The fraction of sp³-hybridized carbons (Fsp3) is 1.00. The summed E-state index contributed by atoms with van der Waals surface area (Å²) in [6, 6.07) is 1.41. The van der Waals surface area contributed by atoms with Gasteiger partial charge in [-0.25, -0.2) is 0 Å². The van der Waals surface area contributed by atoms with Gasteiger partial charge in [-0.05, 0) is 58.2 Å². The number of rotatable bonds is 6. The Morgan fingerprint density at radius 1 is 1.19 bits per heavy atom. The van der Waals surface area contributed by atoms with Gasteiger partial charge in [0.1, 0.15) is 0 Å². The normalized spacial score (nSPS) is 21.6. The van der Waals surface area contributed by atoms with E-state index < -0.39 is 0 Å². The second kappa shape index (κ2) is 7.29. The monoisotopic (exact) mass is 226 g/mol. The zero-order chi connectivity index (χ0) is 12.0. The molecule has 0 aromatic carbocycles. The maximum Gasteiger partial charge on any atom is 0.00674 e. The summed E-state index contributed by atoms with van der Waals surface area (Å²) < 4.78 is 0. The Morgan fingerprint density at radius 3 is 2.38 bits per heavy atom. The van der Waals surface area contributed by atoms with Gasteiger partial charge in [0, 0.05) is 12.1 Å². The van der Waals surface area contributed by atoms with Gasteiger partial charge in [-0.2, -0.15) is 0 Å². The lowest BCUT2D eigenvalue weighted by atomic mass is 9.97. The number of piperidine rings is 1. The lowest BCUT2D eigenvalue weighted by Crippen LogP contribution is -2.39. The molecule has 16 heavy (non-hydrogen) atoms. The van der Waals surface area contributed by atoms with Crippen molar-refractivity contribution >= 4 is 0 Å². The summed E-state index contributed by atoms with van der Waals surface area (Å²) in [6.07, 6.45) is 5.45. The highest BCUT2D eigenvalue weighted by molar-refractivity contribution is 4.74. The molecule has 0 spiro atoms. The zero-order valence-electron chi connectivity index (χ0n) is 11.6. The van der Waals surface area contributed by atoms with Crippen molar-refractivity contribution in [3.63, 3.8) is 0 Å². The van der Waals surface area contributed by atoms with Crippen molar-refractivity contribution in [2.45, 2.75) is 65.5 Å². The molecule has 0 saturated carbocycles. The first-order valence-corrected chi connectivity index (χ1v) is 7.07. The van der Waals surface area contributed by atoms with Gasteiger partial charge in [-0.3, -0.25) is 0 Å². The van der Waals surface area contributed by atoms with Gasteiger partial charge in [0.05, 0.1) is 0 Å². The van der Waals surface area contributed by atoms with Crippen LogP contribution in [-0.4, -0.2) is 36.6 Å². The van der Waals surface area contributed by atoms with Crippen LogP contribution in [0.1, 0.15) is 53.4 Å². The highest BCUT2D eigenvalue weighted by atomic mass is 15.2. The lowest BCUT2D eigenvalue weighted by Gasteiger charge is -2.35. The molecule has 1 rings (SSSR count). The van der Waals surface area contributed by atoms with Crippen LogP contribution in [0.2, 0.25) is 0 Å². The van der Waals surface area contributed by atoms with Crippen LogP contribution in [0.5, 0.6) is 0 Å².